The Balaban J connectivity index is 1.64. The molecular formula is C20H16FN3O3. The van der Waals surface area contributed by atoms with Gasteiger partial charge in [-0.25, -0.2) is 14.2 Å². The molecule has 27 heavy (non-hydrogen) atoms. The maximum absolute atomic E-state index is 13.2. The van der Waals surface area contributed by atoms with Crippen LogP contribution in [-0.4, -0.2) is 24.0 Å². The topological polar surface area (TPSA) is 80.3 Å². The molecule has 0 aliphatic carbocycles. The maximum Gasteiger partial charge on any atom is 0.337 e. The molecule has 2 N–H and O–H groups in total. The van der Waals surface area contributed by atoms with Gasteiger partial charge in [0.15, 0.2) is 0 Å². The summed E-state index contributed by atoms with van der Waals surface area (Å²) in [6.07, 6.45) is 1.42. The van der Waals surface area contributed by atoms with Crippen LogP contribution in [0.25, 0.3) is 0 Å². The average Bonchev–Trinajstić information content (AvgIpc) is 2.68. The second-order valence-corrected chi connectivity index (χ2v) is 5.59. The zero-order valence-electron chi connectivity index (χ0n) is 14.4. The number of ether oxygens (including phenoxy) is 1. The van der Waals surface area contributed by atoms with Crippen molar-refractivity contribution in [1.29, 1.82) is 0 Å². The van der Waals surface area contributed by atoms with Crippen molar-refractivity contribution in [2.45, 2.75) is 0 Å². The molecule has 0 saturated heterocycles. The molecule has 3 rings (SSSR count). The summed E-state index contributed by atoms with van der Waals surface area (Å²) in [5.74, 6) is -0.655. The number of pyridine rings is 1. The number of benzene rings is 2. The van der Waals surface area contributed by atoms with Gasteiger partial charge in [-0.1, -0.05) is 6.07 Å². The number of aromatic nitrogens is 1. The Morgan fingerprint density at radius 2 is 1.70 bits per heavy atom. The number of nitrogens with zero attached hydrogens (tertiary/aromatic N) is 1. The highest BCUT2D eigenvalue weighted by Crippen LogP contribution is 2.16. The van der Waals surface area contributed by atoms with E-state index in [-0.39, 0.29) is 11.7 Å². The van der Waals surface area contributed by atoms with Gasteiger partial charge in [0, 0.05) is 17.6 Å². The van der Waals surface area contributed by atoms with E-state index in [2.05, 4.69) is 20.4 Å². The van der Waals surface area contributed by atoms with Gasteiger partial charge in [0.2, 0.25) is 0 Å². The zero-order valence-corrected chi connectivity index (χ0v) is 14.4. The molecule has 0 atom stereocenters. The van der Waals surface area contributed by atoms with Gasteiger partial charge < -0.3 is 15.4 Å². The Kier molecular flexibility index (Phi) is 5.41. The third-order valence-corrected chi connectivity index (χ3v) is 3.69. The summed E-state index contributed by atoms with van der Waals surface area (Å²) in [5, 5.41) is 5.67. The maximum atomic E-state index is 13.2. The minimum absolute atomic E-state index is 0.342. The van der Waals surface area contributed by atoms with Crippen LogP contribution in [0.4, 0.5) is 21.6 Å². The van der Waals surface area contributed by atoms with Crippen LogP contribution in [-0.2, 0) is 4.74 Å². The fraction of sp³-hybridized carbons (Fsp3) is 0.0500. The van der Waals surface area contributed by atoms with E-state index in [9.17, 15) is 14.0 Å². The van der Waals surface area contributed by atoms with E-state index in [0.717, 1.165) is 0 Å². The first-order valence-corrected chi connectivity index (χ1v) is 8.03. The lowest BCUT2D eigenvalue weighted by atomic mass is 10.2. The number of carbonyl (C=O) groups excluding carboxylic acids is 2. The molecule has 0 aliphatic heterocycles. The van der Waals surface area contributed by atoms with Crippen molar-refractivity contribution in [2.75, 3.05) is 17.7 Å². The van der Waals surface area contributed by atoms with E-state index in [1.54, 1.807) is 48.5 Å². The predicted octanol–water partition coefficient (Wildman–Crippen LogP) is 4.00. The first-order chi connectivity index (χ1) is 13.0. The summed E-state index contributed by atoms with van der Waals surface area (Å²) in [6.45, 7) is 0. The number of carbonyl (C=O) groups is 2. The van der Waals surface area contributed by atoms with Crippen LogP contribution in [0.15, 0.2) is 66.9 Å². The quantitative estimate of drug-likeness (QED) is 0.668. The summed E-state index contributed by atoms with van der Waals surface area (Å²) in [6, 6.07) is 15.6. The minimum Gasteiger partial charge on any atom is -0.465 e. The van der Waals surface area contributed by atoms with Crippen LogP contribution in [0.1, 0.15) is 20.7 Å². The van der Waals surface area contributed by atoms with Crippen molar-refractivity contribution in [2.24, 2.45) is 0 Å². The van der Waals surface area contributed by atoms with Crippen molar-refractivity contribution in [1.82, 2.24) is 4.98 Å². The standard InChI is InChI=1S/C20H16FN3O3/c1-27-20(26)13-5-8-16(9-6-13)24-19(25)14-7-10-18(22-12-14)23-17-4-2-3-15(21)11-17/h2-12H,1H3,(H,22,23)(H,24,25). The zero-order chi connectivity index (χ0) is 19.2. The lowest BCUT2D eigenvalue weighted by molar-refractivity contribution is 0.0600. The van der Waals surface area contributed by atoms with Gasteiger partial charge in [0.05, 0.1) is 18.2 Å². The van der Waals surface area contributed by atoms with Crippen molar-refractivity contribution in [3.63, 3.8) is 0 Å². The second kappa shape index (κ2) is 8.09. The predicted molar refractivity (Wildman–Crippen MR) is 99.7 cm³/mol. The first-order valence-electron chi connectivity index (χ1n) is 8.03. The number of hydrogen-bond acceptors (Lipinski definition) is 5. The number of amides is 1. The fourth-order valence-corrected chi connectivity index (χ4v) is 2.33. The van der Waals surface area contributed by atoms with Crippen molar-refractivity contribution >= 4 is 29.1 Å². The normalized spacial score (nSPS) is 10.1. The Morgan fingerprint density at radius 3 is 2.33 bits per heavy atom. The molecule has 0 saturated carbocycles. The highest BCUT2D eigenvalue weighted by Gasteiger charge is 2.09. The Labute approximate surface area is 155 Å². The molecule has 0 unspecified atom stereocenters. The first kappa shape index (κ1) is 18.1. The van der Waals surface area contributed by atoms with Gasteiger partial charge in [0.1, 0.15) is 11.6 Å². The number of methoxy groups -OCH3 is 1. The number of anilines is 3. The van der Waals surface area contributed by atoms with Crippen LogP contribution in [0.5, 0.6) is 0 Å². The summed E-state index contributed by atoms with van der Waals surface area (Å²) < 4.78 is 17.8. The van der Waals surface area contributed by atoms with Crippen molar-refractivity contribution < 1.29 is 18.7 Å². The Bertz CT molecular complexity index is 957. The molecule has 7 heteroatoms. The molecule has 6 nitrogen and oxygen atoms in total. The highest BCUT2D eigenvalue weighted by molar-refractivity contribution is 6.04. The van der Waals surface area contributed by atoms with E-state index in [4.69, 9.17) is 0 Å². The monoisotopic (exact) mass is 365 g/mol. The van der Waals surface area contributed by atoms with Gasteiger partial charge in [-0.2, -0.15) is 0 Å². The van der Waals surface area contributed by atoms with Gasteiger partial charge in [0.25, 0.3) is 5.91 Å². The molecule has 2 aromatic carbocycles. The molecular weight excluding hydrogens is 349 g/mol. The molecule has 1 aromatic heterocycles. The number of esters is 1. The smallest absolute Gasteiger partial charge is 0.337 e. The lowest BCUT2D eigenvalue weighted by Gasteiger charge is -2.08. The Morgan fingerprint density at radius 1 is 0.963 bits per heavy atom. The number of halogens is 1. The van der Waals surface area contributed by atoms with E-state index in [0.29, 0.717) is 28.3 Å². The van der Waals surface area contributed by atoms with Gasteiger partial charge in [-0.15, -0.1) is 0 Å². The molecule has 0 spiro atoms. The van der Waals surface area contributed by atoms with Crippen molar-refractivity contribution in [3.05, 3.63) is 83.8 Å². The second-order valence-electron chi connectivity index (χ2n) is 5.59. The van der Waals surface area contributed by atoms with Crippen LogP contribution in [0, 0.1) is 5.82 Å². The Hall–Kier alpha value is -3.74. The van der Waals surface area contributed by atoms with Crippen LogP contribution < -0.4 is 10.6 Å². The number of rotatable bonds is 5. The average molecular weight is 365 g/mol. The third kappa shape index (κ3) is 4.66. The van der Waals surface area contributed by atoms with Crippen LogP contribution in [0.2, 0.25) is 0 Å². The molecule has 0 radical (unpaired) electrons. The van der Waals surface area contributed by atoms with E-state index in [1.165, 1.54) is 25.4 Å². The van der Waals surface area contributed by atoms with Crippen LogP contribution in [0.3, 0.4) is 0 Å². The lowest BCUT2D eigenvalue weighted by Crippen LogP contribution is -2.12. The van der Waals surface area contributed by atoms with Gasteiger partial charge in [-0.3, -0.25) is 4.79 Å². The molecule has 0 bridgehead atoms. The third-order valence-electron chi connectivity index (χ3n) is 3.69. The summed E-state index contributed by atoms with van der Waals surface area (Å²) in [4.78, 5) is 27.9. The summed E-state index contributed by atoms with van der Waals surface area (Å²) >= 11 is 0. The fourth-order valence-electron chi connectivity index (χ4n) is 2.33. The van der Waals surface area contributed by atoms with E-state index in [1.807, 2.05) is 0 Å². The van der Waals surface area contributed by atoms with E-state index >= 15 is 0 Å². The van der Waals surface area contributed by atoms with Crippen LogP contribution >= 0.6 is 0 Å². The highest BCUT2D eigenvalue weighted by atomic mass is 19.1. The molecule has 0 aliphatic rings. The van der Waals surface area contributed by atoms with Crippen molar-refractivity contribution in [3.8, 4) is 0 Å². The van der Waals surface area contributed by atoms with Gasteiger partial charge in [-0.05, 0) is 54.6 Å². The summed E-state index contributed by atoms with van der Waals surface area (Å²) in [5.41, 5.74) is 1.85. The molecule has 136 valence electrons. The summed E-state index contributed by atoms with van der Waals surface area (Å²) in [7, 11) is 1.30. The molecule has 1 heterocycles. The SMILES string of the molecule is COC(=O)c1ccc(NC(=O)c2ccc(Nc3cccc(F)c3)nc2)cc1. The largest absolute Gasteiger partial charge is 0.465 e. The number of nitrogens with one attached hydrogen (secondary N) is 2. The van der Waals surface area contributed by atoms with E-state index < -0.39 is 5.97 Å². The van der Waals surface area contributed by atoms with Gasteiger partial charge >= 0.3 is 5.97 Å². The number of hydrogen-bond donors (Lipinski definition) is 2. The minimum atomic E-state index is -0.446. The molecule has 0 fully saturated rings. The molecule has 1 amide bonds. The molecule has 3 aromatic rings.